The number of aryl methyl sites for hydroxylation is 12. The molecule has 12 heteroatoms. The first-order valence-corrected chi connectivity index (χ1v) is 33.8. The van der Waals surface area contributed by atoms with E-state index in [1.54, 1.807) is 0 Å². The minimum Gasteiger partial charge on any atom is -0.192 e. The Hall–Kier alpha value is -12.2. The zero-order chi connectivity index (χ0) is 71.6. The highest BCUT2D eigenvalue weighted by Crippen LogP contribution is 2.37. The van der Waals surface area contributed by atoms with Crippen LogP contribution in [0.5, 0.6) is 0 Å². The maximum absolute atomic E-state index is 9.13. The molecule has 0 aliphatic carbocycles. The second kappa shape index (κ2) is 30.9. The summed E-state index contributed by atoms with van der Waals surface area (Å²) in [6, 6.07) is 70.4. The van der Waals surface area contributed by atoms with Crippen LogP contribution in [0.25, 0.3) is 78.4 Å². The van der Waals surface area contributed by atoms with E-state index in [0.717, 1.165) is 45.0 Å². The van der Waals surface area contributed by atoms with Gasteiger partial charge in [-0.3, -0.25) is 0 Å². The smallest absolute Gasteiger partial charge is 0.192 e. The Kier molecular flexibility index (Phi) is 21.8. The van der Waals surface area contributed by atoms with Gasteiger partial charge in [0.15, 0.2) is 28.2 Å². The van der Waals surface area contributed by atoms with Crippen molar-refractivity contribution in [3.05, 3.63) is 309 Å². The molecule has 4 aromatic heterocycles. The van der Waals surface area contributed by atoms with Gasteiger partial charge in [-0.05, 0) is 229 Å². The molecule has 13 aromatic rings. The fraction of sp³-hybridized carbons (Fsp3) is 0.205. The van der Waals surface area contributed by atoms with Gasteiger partial charge in [-0.15, -0.1) is 37.5 Å². The van der Waals surface area contributed by atoms with Gasteiger partial charge in [0.2, 0.25) is 24.8 Å². The molecule has 0 saturated carbocycles. The van der Waals surface area contributed by atoms with E-state index < -0.39 is 0 Å². The van der Waals surface area contributed by atoms with Crippen molar-refractivity contribution < 1.29 is 18.7 Å². The van der Waals surface area contributed by atoms with Crippen LogP contribution in [0.2, 0.25) is 0 Å². The summed E-state index contributed by atoms with van der Waals surface area (Å²) in [4.78, 5) is 0. The van der Waals surface area contributed by atoms with Crippen molar-refractivity contribution in [2.75, 3.05) is 0 Å². The Morgan fingerprint density at radius 1 is 0.270 bits per heavy atom. The highest BCUT2D eigenvalue weighted by Gasteiger charge is 2.24. The summed E-state index contributed by atoms with van der Waals surface area (Å²) < 4.78 is 16.9. The summed E-state index contributed by atoms with van der Waals surface area (Å²) >= 11 is 0. The largest absolute Gasteiger partial charge is 0.203 e. The third-order valence-corrected chi connectivity index (χ3v) is 18.5. The lowest BCUT2D eigenvalue weighted by molar-refractivity contribution is -0.744. The van der Waals surface area contributed by atoms with Crippen molar-refractivity contribution in [1.82, 2.24) is 18.7 Å². The van der Waals surface area contributed by atoms with Crippen LogP contribution in [-0.4, -0.2) is 18.7 Å². The van der Waals surface area contributed by atoms with E-state index in [1.165, 1.54) is 89.0 Å². The van der Waals surface area contributed by atoms with E-state index in [1.807, 2.05) is 139 Å². The molecule has 496 valence electrons. The van der Waals surface area contributed by atoms with Crippen LogP contribution < -0.4 is 18.7 Å². The lowest BCUT2D eigenvalue weighted by atomic mass is 9.86. The van der Waals surface area contributed by atoms with E-state index in [4.69, 9.17) is 21.0 Å². The number of nitriles is 4. The monoisotopic (exact) mass is 1310 g/mol. The van der Waals surface area contributed by atoms with Crippen LogP contribution in [0.15, 0.2) is 232 Å². The number of hydrogen-bond donors (Lipinski definition) is 0. The lowest BCUT2D eigenvalue weighted by Gasteiger charge is -2.17. The van der Waals surface area contributed by atoms with Crippen LogP contribution in [0.4, 0.5) is 0 Å². The fourth-order valence-electron chi connectivity index (χ4n) is 13.5. The molecule has 13 rings (SSSR count). The minimum absolute atomic E-state index is 0.462. The van der Waals surface area contributed by atoms with Gasteiger partial charge in [0.25, 0.3) is 0 Å². The number of rotatable bonds is 11. The summed E-state index contributed by atoms with van der Waals surface area (Å²) in [5.74, 6) is 0.924. The minimum atomic E-state index is 0.462. The summed E-state index contributed by atoms with van der Waals surface area (Å²) in [5, 5.41) is 36.3. The lowest BCUT2D eigenvalue weighted by Crippen LogP contribution is -2.37. The third kappa shape index (κ3) is 15.4. The van der Waals surface area contributed by atoms with Crippen molar-refractivity contribution in [1.29, 1.82) is 21.0 Å². The average molecular weight is 1310 g/mol. The summed E-state index contributed by atoms with van der Waals surface area (Å²) in [7, 11) is 8.16. The first-order chi connectivity index (χ1) is 48.0. The standard InChI is InChI=1S/C26H24N3.C24H28N3.C20H20N3.C18H16N3/c1-18-12-21(15-27)10-11-25(18)29-17-24(16-28(29)4)26-19(2)13-23(14-20(26)3)22-8-6-5-7-9-22;1-16(2)21-8-7-9-22(17(3)4)24(21)20-14-26(6)27(15-20)23-11-10-19(13-25)12-18(23)5;1-14-6-5-7-15(2)20(14)18-12-22(4)23(13-18)19-9-8-17(11-21)10-16(19)3;1-14-10-15(11-19)8-9-18(14)21-13-17(12-20(21)2)16-6-4-3-5-7-16/h5-14,16-17H,1-4H3;7-12,14-17H,1-6H3;5-10,12-13H,1-4H3;3-10,12-13H,1-2H3/q4*+1. The van der Waals surface area contributed by atoms with Crippen molar-refractivity contribution in [2.45, 2.75) is 94.9 Å². The zero-order valence-corrected chi connectivity index (χ0v) is 60.5. The zero-order valence-electron chi connectivity index (χ0n) is 60.5. The van der Waals surface area contributed by atoms with E-state index in [9.17, 15) is 0 Å². The third-order valence-electron chi connectivity index (χ3n) is 18.5. The van der Waals surface area contributed by atoms with Gasteiger partial charge in [-0.2, -0.15) is 21.0 Å². The molecule has 12 nitrogen and oxygen atoms in total. The second-order valence-corrected chi connectivity index (χ2v) is 26.6. The SMILES string of the molecule is Cc1cc(C#N)ccc1-n1cc(-c2c(C(C)C)cccc2C(C)C)c[n+]1C.Cc1cc(C#N)ccc1-n1cc(-c2c(C)cc(-c3ccccc3)cc2C)c[n+]1C.Cc1cc(C#N)ccc1-n1cc(-c2c(C)cccc2C)c[n+]1C.Cc1cc(C#N)ccc1-n1cc(-c2ccccc2)c[n+]1C. The van der Waals surface area contributed by atoms with Crippen molar-refractivity contribution in [3.8, 4) is 103 Å². The Labute approximate surface area is 590 Å². The molecular weight excluding hydrogens is 1230 g/mol. The molecule has 4 heterocycles. The van der Waals surface area contributed by atoms with Crippen molar-refractivity contribution in [3.63, 3.8) is 0 Å². The molecule has 0 amide bonds. The highest BCUT2D eigenvalue weighted by atomic mass is 15.4. The van der Waals surface area contributed by atoms with Crippen LogP contribution >= 0.6 is 0 Å². The topological polar surface area (TPSA) is 130 Å². The molecule has 0 radical (unpaired) electrons. The molecule has 0 spiro atoms. The van der Waals surface area contributed by atoms with Crippen LogP contribution in [0.1, 0.15) is 117 Å². The maximum atomic E-state index is 9.13. The number of nitrogens with zero attached hydrogens (tertiary/aromatic N) is 12. The molecule has 0 aliphatic rings. The molecule has 0 fully saturated rings. The normalized spacial score (nSPS) is 10.7. The summed E-state index contributed by atoms with van der Waals surface area (Å²) in [6.45, 7) is 25.8. The molecule has 9 aromatic carbocycles. The quantitative estimate of drug-likeness (QED) is 0.119. The van der Waals surface area contributed by atoms with Crippen molar-refractivity contribution in [2.24, 2.45) is 28.2 Å². The van der Waals surface area contributed by atoms with E-state index in [2.05, 4.69) is 266 Å². The Balaban J connectivity index is 0.000000145. The van der Waals surface area contributed by atoms with Crippen LogP contribution in [0.3, 0.4) is 0 Å². The second-order valence-electron chi connectivity index (χ2n) is 26.6. The van der Waals surface area contributed by atoms with E-state index in [-0.39, 0.29) is 0 Å². The number of aromatic nitrogens is 8. The molecule has 0 atom stereocenters. The van der Waals surface area contributed by atoms with Crippen LogP contribution in [-0.2, 0) is 28.2 Å². The Bertz CT molecular complexity index is 5260. The van der Waals surface area contributed by atoms with E-state index >= 15 is 0 Å². The molecular formula is C88H88N12+4. The first kappa shape index (κ1) is 70.6. The molecule has 100 heavy (non-hydrogen) atoms. The molecule has 0 unspecified atom stereocenters. The van der Waals surface area contributed by atoms with Gasteiger partial charge in [-0.1, -0.05) is 137 Å². The molecule has 0 saturated heterocycles. The molecule has 0 bridgehead atoms. The average Bonchev–Trinajstić information content (AvgIpc) is 1.62. The van der Waals surface area contributed by atoms with Crippen LogP contribution in [0, 0.1) is 101 Å². The Morgan fingerprint density at radius 2 is 0.550 bits per heavy atom. The van der Waals surface area contributed by atoms with Crippen molar-refractivity contribution >= 4 is 0 Å². The van der Waals surface area contributed by atoms with E-state index in [0.29, 0.717) is 34.1 Å². The van der Waals surface area contributed by atoms with Gasteiger partial charge >= 0.3 is 0 Å². The summed E-state index contributed by atoms with van der Waals surface area (Å²) in [6.07, 6.45) is 17.3. The number of benzene rings is 9. The number of hydrogen-bond acceptors (Lipinski definition) is 4. The van der Waals surface area contributed by atoms with Gasteiger partial charge in [0.05, 0.1) is 93.6 Å². The van der Waals surface area contributed by atoms with Gasteiger partial charge in [0.1, 0.15) is 22.7 Å². The summed E-state index contributed by atoms with van der Waals surface area (Å²) in [5.41, 5.74) is 31.7. The predicted octanol–water partition coefficient (Wildman–Crippen LogP) is 17.7. The molecule has 0 N–H and O–H groups in total. The maximum Gasteiger partial charge on any atom is 0.203 e. The van der Waals surface area contributed by atoms with Gasteiger partial charge in [0, 0.05) is 0 Å². The predicted molar refractivity (Wildman–Crippen MR) is 400 cm³/mol. The van der Waals surface area contributed by atoms with Gasteiger partial charge in [-0.25, -0.2) is 0 Å². The fourth-order valence-corrected chi connectivity index (χ4v) is 13.5. The Morgan fingerprint density at radius 3 is 0.860 bits per heavy atom. The van der Waals surface area contributed by atoms with Gasteiger partial charge < -0.3 is 0 Å². The first-order valence-electron chi connectivity index (χ1n) is 33.8. The molecule has 0 aliphatic heterocycles. The highest BCUT2D eigenvalue weighted by molar-refractivity contribution is 5.77.